The van der Waals surface area contributed by atoms with Crippen LogP contribution in [0.15, 0.2) is 28.8 Å². The maximum atomic E-state index is 12.0. The van der Waals surface area contributed by atoms with Gasteiger partial charge in [0.25, 0.3) is 0 Å². The first-order valence-electron chi connectivity index (χ1n) is 7.46. The van der Waals surface area contributed by atoms with Gasteiger partial charge in [0.05, 0.1) is 19.8 Å². The second-order valence-electron chi connectivity index (χ2n) is 5.13. The van der Waals surface area contributed by atoms with Gasteiger partial charge in [0.2, 0.25) is 0 Å². The van der Waals surface area contributed by atoms with Gasteiger partial charge < -0.3 is 24.4 Å². The molecule has 0 spiro atoms. The highest BCUT2D eigenvalue weighted by atomic mass is 16.5. The number of aromatic nitrogens is 1. The Morgan fingerprint density at radius 1 is 1.38 bits per heavy atom. The summed E-state index contributed by atoms with van der Waals surface area (Å²) in [6.45, 7) is 3.69. The summed E-state index contributed by atoms with van der Waals surface area (Å²) in [5.41, 5.74) is 0.842. The quantitative estimate of drug-likeness (QED) is 0.716. The number of aryl methyl sites for hydroxylation is 1. The zero-order valence-electron chi connectivity index (χ0n) is 13.8. The molecular weight excluding hydrogens is 314 g/mol. The number of hydrogen-bond acceptors (Lipinski definition) is 6. The number of nitrogens with one attached hydrogen (secondary N) is 2. The van der Waals surface area contributed by atoms with Crippen molar-refractivity contribution >= 4 is 11.8 Å². The predicted molar refractivity (Wildman–Crippen MR) is 87.4 cm³/mol. The van der Waals surface area contributed by atoms with Crippen LogP contribution in [0.4, 0.5) is 10.6 Å². The number of anilines is 1. The SMILES string of the molecule is COc1cc([C@H](C)NC(=O)Nc2cc(C)on2)ccc1OCCO. The first kappa shape index (κ1) is 17.6. The molecule has 3 N–H and O–H groups in total. The summed E-state index contributed by atoms with van der Waals surface area (Å²) in [5.74, 6) is 2.02. The van der Waals surface area contributed by atoms with E-state index < -0.39 is 6.03 Å². The predicted octanol–water partition coefficient (Wildman–Crippen LogP) is 2.25. The van der Waals surface area contributed by atoms with Crippen LogP contribution in [0.3, 0.4) is 0 Å². The van der Waals surface area contributed by atoms with Crippen LogP contribution >= 0.6 is 0 Å². The molecule has 0 bridgehead atoms. The first-order valence-corrected chi connectivity index (χ1v) is 7.46. The molecule has 130 valence electrons. The summed E-state index contributed by atoms with van der Waals surface area (Å²) in [6, 6.07) is 6.30. The van der Waals surface area contributed by atoms with E-state index in [-0.39, 0.29) is 19.3 Å². The lowest BCUT2D eigenvalue weighted by molar-refractivity contribution is 0.196. The van der Waals surface area contributed by atoms with Crippen molar-refractivity contribution in [3.8, 4) is 11.5 Å². The van der Waals surface area contributed by atoms with Crippen LogP contribution in [0.25, 0.3) is 0 Å². The number of benzene rings is 1. The minimum atomic E-state index is -0.393. The van der Waals surface area contributed by atoms with Crippen molar-refractivity contribution < 1.29 is 23.9 Å². The van der Waals surface area contributed by atoms with E-state index in [9.17, 15) is 4.79 Å². The van der Waals surface area contributed by atoms with E-state index >= 15 is 0 Å². The second-order valence-corrected chi connectivity index (χ2v) is 5.13. The number of ether oxygens (including phenoxy) is 2. The van der Waals surface area contributed by atoms with Crippen molar-refractivity contribution in [3.63, 3.8) is 0 Å². The molecular formula is C16H21N3O5. The van der Waals surface area contributed by atoms with Crippen LogP contribution in [0.1, 0.15) is 24.3 Å². The van der Waals surface area contributed by atoms with E-state index in [2.05, 4.69) is 15.8 Å². The second kappa shape index (κ2) is 8.21. The fourth-order valence-corrected chi connectivity index (χ4v) is 2.09. The third kappa shape index (κ3) is 4.63. The molecule has 0 aliphatic heterocycles. The van der Waals surface area contributed by atoms with E-state index in [0.717, 1.165) is 5.56 Å². The summed E-state index contributed by atoms with van der Waals surface area (Å²) in [7, 11) is 1.53. The number of carbonyl (C=O) groups excluding carboxylic acids is 1. The number of rotatable bonds is 7. The summed E-state index contributed by atoms with van der Waals surface area (Å²) in [6.07, 6.45) is 0. The van der Waals surface area contributed by atoms with Crippen LogP contribution in [0, 0.1) is 6.92 Å². The van der Waals surface area contributed by atoms with Crippen LogP contribution in [0.5, 0.6) is 11.5 Å². The fraction of sp³-hybridized carbons (Fsp3) is 0.375. The van der Waals surface area contributed by atoms with E-state index in [4.69, 9.17) is 19.1 Å². The van der Waals surface area contributed by atoms with Gasteiger partial charge >= 0.3 is 6.03 Å². The number of urea groups is 1. The Hall–Kier alpha value is -2.74. The molecule has 2 aromatic rings. The number of nitrogens with zero attached hydrogens (tertiary/aromatic N) is 1. The van der Waals surface area contributed by atoms with E-state index in [1.807, 2.05) is 13.0 Å². The van der Waals surface area contributed by atoms with Gasteiger partial charge in [0.15, 0.2) is 17.3 Å². The Morgan fingerprint density at radius 3 is 2.79 bits per heavy atom. The number of amides is 2. The van der Waals surface area contributed by atoms with Gasteiger partial charge in [-0.1, -0.05) is 11.2 Å². The third-order valence-corrected chi connectivity index (χ3v) is 3.25. The first-order chi connectivity index (χ1) is 11.5. The van der Waals surface area contributed by atoms with Crippen molar-refractivity contribution in [2.75, 3.05) is 25.6 Å². The third-order valence-electron chi connectivity index (χ3n) is 3.25. The minimum absolute atomic E-state index is 0.0788. The van der Waals surface area contributed by atoms with Crippen LogP contribution in [0.2, 0.25) is 0 Å². The van der Waals surface area contributed by atoms with E-state index in [1.165, 1.54) is 7.11 Å². The van der Waals surface area contributed by atoms with Gasteiger partial charge in [-0.05, 0) is 31.5 Å². The smallest absolute Gasteiger partial charge is 0.320 e. The highest BCUT2D eigenvalue weighted by molar-refractivity contribution is 5.88. The molecule has 1 aromatic carbocycles. The van der Waals surface area contributed by atoms with Crippen molar-refractivity contribution in [1.82, 2.24) is 10.5 Å². The van der Waals surface area contributed by atoms with Gasteiger partial charge in [0, 0.05) is 6.07 Å². The molecule has 1 atom stereocenters. The molecule has 2 rings (SSSR count). The molecule has 0 saturated carbocycles. The van der Waals surface area contributed by atoms with Crippen LogP contribution in [-0.4, -0.2) is 36.6 Å². The average Bonchev–Trinajstić information content (AvgIpc) is 2.97. The average molecular weight is 335 g/mol. The Bertz CT molecular complexity index is 686. The molecule has 0 saturated heterocycles. The highest BCUT2D eigenvalue weighted by Crippen LogP contribution is 2.30. The summed E-state index contributed by atoms with van der Waals surface area (Å²) < 4.78 is 15.6. The van der Waals surface area contributed by atoms with Crippen molar-refractivity contribution in [2.45, 2.75) is 19.9 Å². The largest absolute Gasteiger partial charge is 0.493 e. The maximum Gasteiger partial charge on any atom is 0.320 e. The van der Waals surface area contributed by atoms with Gasteiger partial charge in [-0.3, -0.25) is 5.32 Å². The molecule has 0 aliphatic carbocycles. The lowest BCUT2D eigenvalue weighted by atomic mass is 10.1. The van der Waals surface area contributed by atoms with E-state index in [0.29, 0.717) is 23.1 Å². The highest BCUT2D eigenvalue weighted by Gasteiger charge is 2.14. The van der Waals surface area contributed by atoms with Gasteiger partial charge in [0.1, 0.15) is 12.4 Å². The number of hydrogen-bond donors (Lipinski definition) is 3. The van der Waals surface area contributed by atoms with Crippen molar-refractivity contribution in [1.29, 1.82) is 0 Å². The van der Waals surface area contributed by atoms with Gasteiger partial charge in [-0.25, -0.2) is 4.79 Å². The number of methoxy groups -OCH3 is 1. The normalized spacial score (nSPS) is 11.7. The zero-order valence-corrected chi connectivity index (χ0v) is 13.8. The fourth-order valence-electron chi connectivity index (χ4n) is 2.09. The maximum absolute atomic E-state index is 12.0. The molecule has 2 amide bonds. The minimum Gasteiger partial charge on any atom is -0.493 e. The Balaban J connectivity index is 2.00. The lowest BCUT2D eigenvalue weighted by Crippen LogP contribution is -2.31. The molecule has 1 aromatic heterocycles. The molecule has 1 heterocycles. The van der Waals surface area contributed by atoms with Crippen LogP contribution in [-0.2, 0) is 0 Å². The molecule has 8 nitrogen and oxygen atoms in total. The Morgan fingerprint density at radius 2 is 2.17 bits per heavy atom. The molecule has 0 fully saturated rings. The zero-order chi connectivity index (χ0) is 17.5. The van der Waals surface area contributed by atoms with Crippen molar-refractivity contribution in [3.05, 3.63) is 35.6 Å². The van der Waals surface area contributed by atoms with Crippen molar-refractivity contribution in [2.24, 2.45) is 0 Å². The summed E-state index contributed by atoms with van der Waals surface area (Å²) >= 11 is 0. The molecule has 24 heavy (non-hydrogen) atoms. The van der Waals surface area contributed by atoms with Crippen LogP contribution < -0.4 is 20.1 Å². The standard InChI is InChI=1S/C16H21N3O5/c1-10-8-15(19-24-10)18-16(21)17-11(2)12-4-5-13(23-7-6-20)14(9-12)22-3/h4-5,8-9,11,20H,6-7H2,1-3H3,(H2,17,18,19,21)/t11-/m0/s1. The Labute approximate surface area is 139 Å². The topological polar surface area (TPSA) is 106 Å². The monoisotopic (exact) mass is 335 g/mol. The number of aliphatic hydroxyl groups is 1. The molecule has 0 unspecified atom stereocenters. The van der Waals surface area contributed by atoms with Gasteiger partial charge in [-0.15, -0.1) is 0 Å². The Kier molecular flexibility index (Phi) is 6.02. The molecule has 8 heteroatoms. The summed E-state index contributed by atoms with van der Waals surface area (Å²) in [5, 5.41) is 17.9. The molecule has 0 radical (unpaired) electrons. The molecule has 0 aliphatic rings. The lowest BCUT2D eigenvalue weighted by Gasteiger charge is -2.17. The van der Waals surface area contributed by atoms with E-state index in [1.54, 1.807) is 25.1 Å². The number of aliphatic hydroxyl groups excluding tert-OH is 1. The summed E-state index contributed by atoms with van der Waals surface area (Å²) in [4.78, 5) is 12.0. The number of carbonyl (C=O) groups is 1. The van der Waals surface area contributed by atoms with Gasteiger partial charge in [-0.2, -0.15) is 0 Å².